The molecule has 0 unspecified atom stereocenters. The van der Waals surface area contributed by atoms with Gasteiger partial charge in [0.05, 0.1) is 19.6 Å². The summed E-state index contributed by atoms with van der Waals surface area (Å²) in [6, 6.07) is 13.3. The fraction of sp³-hybridized carbons (Fsp3) is 0.250. The van der Waals surface area contributed by atoms with E-state index >= 15 is 0 Å². The van der Waals surface area contributed by atoms with E-state index in [0.29, 0.717) is 30.5 Å². The minimum atomic E-state index is -0.101. The van der Waals surface area contributed by atoms with Gasteiger partial charge in [-0.05, 0) is 49.7 Å². The van der Waals surface area contributed by atoms with Crippen molar-refractivity contribution in [3.05, 3.63) is 59.4 Å². The van der Waals surface area contributed by atoms with Crippen molar-refractivity contribution in [2.45, 2.75) is 26.8 Å². The van der Waals surface area contributed by atoms with E-state index in [1.54, 1.807) is 0 Å². The molecule has 1 aromatic heterocycles. The van der Waals surface area contributed by atoms with Crippen LogP contribution in [0, 0.1) is 13.8 Å². The molecule has 0 radical (unpaired) electrons. The van der Waals surface area contributed by atoms with Crippen LogP contribution in [-0.4, -0.2) is 27.7 Å². The molecule has 0 fully saturated rings. The van der Waals surface area contributed by atoms with Crippen molar-refractivity contribution in [3.8, 4) is 17.1 Å². The quantitative estimate of drug-likeness (QED) is 0.562. The van der Waals surface area contributed by atoms with Crippen LogP contribution in [0.25, 0.3) is 11.4 Å². The van der Waals surface area contributed by atoms with Gasteiger partial charge in [-0.3, -0.25) is 9.89 Å². The van der Waals surface area contributed by atoms with E-state index in [4.69, 9.17) is 10.5 Å². The van der Waals surface area contributed by atoms with E-state index in [-0.39, 0.29) is 24.7 Å². The molecule has 1 amide bonds. The molecule has 0 saturated heterocycles. The number of aryl methyl sites for hydroxylation is 2. The zero-order valence-corrected chi connectivity index (χ0v) is 16.7. The molecule has 0 saturated carbocycles. The molecular weight excluding hydrogens is 378 g/mol. The van der Waals surface area contributed by atoms with E-state index < -0.39 is 0 Å². The van der Waals surface area contributed by atoms with Gasteiger partial charge in [0.2, 0.25) is 5.91 Å². The predicted molar refractivity (Wildman–Crippen MR) is 112 cm³/mol. The van der Waals surface area contributed by atoms with Gasteiger partial charge in [0.15, 0.2) is 5.82 Å². The third-order valence-electron chi connectivity index (χ3n) is 4.07. The second-order valence-electron chi connectivity index (χ2n) is 6.30. The number of hydrogen-bond acceptors (Lipinski definition) is 5. The Morgan fingerprint density at radius 2 is 1.93 bits per heavy atom. The van der Waals surface area contributed by atoms with Gasteiger partial charge < -0.3 is 15.8 Å². The summed E-state index contributed by atoms with van der Waals surface area (Å²) in [7, 11) is 0. The molecule has 0 bridgehead atoms. The van der Waals surface area contributed by atoms with Crippen LogP contribution >= 0.6 is 12.4 Å². The summed E-state index contributed by atoms with van der Waals surface area (Å²) >= 11 is 0. The molecule has 0 aliphatic carbocycles. The number of ether oxygens (including phenoxy) is 1. The van der Waals surface area contributed by atoms with Crippen LogP contribution in [0.5, 0.6) is 5.75 Å². The van der Waals surface area contributed by atoms with Gasteiger partial charge >= 0.3 is 0 Å². The molecule has 0 aliphatic rings. The van der Waals surface area contributed by atoms with Crippen molar-refractivity contribution < 1.29 is 9.53 Å². The van der Waals surface area contributed by atoms with Crippen molar-refractivity contribution in [3.63, 3.8) is 0 Å². The predicted octanol–water partition coefficient (Wildman–Crippen LogP) is 3.38. The number of amides is 1. The van der Waals surface area contributed by atoms with Gasteiger partial charge in [-0.25, -0.2) is 4.98 Å². The van der Waals surface area contributed by atoms with E-state index in [1.807, 2.05) is 50.2 Å². The molecule has 4 N–H and O–H groups in total. The number of carbonyl (C=O) groups is 1. The number of nitrogens with zero attached hydrogens (tertiary/aromatic N) is 2. The molecule has 8 heteroatoms. The second kappa shape index (κ2) is 9.87. The third-order valence-corrected chi connectivity index (χ3v) is 4.07. The summed E-state index contributed by atoms with van der Waals surface area (Å²) in [5, 5.41) is 9.74. The highest BCUT2D eigenvalue weighted by atomic mass is 35.5. The molecule has 0 atom stereocenters. The van der Waals surface area contributed by atoms with Gasteiger partial charge in [0.25, 0.3) is 0 Å². The molecule has 2 aromatic carbocycles. The standard InChI is InChI=1S/C20H23N5O2.ClH/c1-13-3-8-17(14(2)11-13)27-10-9-19(26)22-16-6-4-15(5-7-16)20-23-18(12-21)24-25-20;/h3-8,11H,9-10,12,21H2,1-2H3,(H,22,26)(H,23,24,25);1H. The Hall–Kier alpha value is -2.90. The summed E-state index contributed by atoms with van der Waals surface area (Å²) in [5.41, 5.74) is 9.33. The van der Waals surface area contributed by atoms with E-state index in [0.717, 1.165) is 16.9 Å². The number of hydrogen-bond donors (Lipinski definition) is 3. The van der Waals surface area contributed by atoms with E-state index in [9.17, 15) is 4.79 Å². The third kappa shape index (κ3) is 5.55. The van der Waals surface area contributed by atoms with Crippen LogP contribution in [0.3, 0.4) is 0 Å². The highest BCUT2D eigenvalue weighted by molar-refractivity contribution is 5.91. The zero-order valence-electron chi connectivity index (χ0n) is 15.9. The van der Waals surface area contributed by atoms with Crippen molar-refractivity contribution in [2.24, 2.45) is 5.73 Å². The lowest BCUT2D eigenvalue weighted by Gasteiger charge is -2.10. The Balaban J connectivity index is 0.00000280. The second-order valence-corrected chi connectivity index (χ2v) is 6.30. The Morgan fingerprint density at radius 1 is 1.18 bits per heavy atom. The maximum Gasteiger partial charge on any atom is 0.227 e. The van der Waals surface area contributed by atoms with Gasteiger partial charge in [0.1, 0.15) is 11.6 Å². The van der Waals surface area contributed by atoms with Crippen molar-refractivity contribution >= 4 is 24.0 Å². The number of anilines is 1. The lowest BCUT2D eigenvalue weighted by molar-refractivity contribution is -0.116. The first-order chi connectivity index (χ1) is 13.0. The van der Waals surface area contributed by atoms with Gasteiger partial charge in [-0.1, -0.05) is 17.7 Å². The van der Waals surface area contributed by atoms with Crippen molar-refractivity contribution in [2.75, 3.05) is 11.9 Å². The number of nitrogens with two attached hydrogens (primary N) is 1. The first-order valence-corrected chi connectivity index (χ1v) is 8.77. The maximum atomic E-state index is 12.1. The molecule has 0 spiro atoms. The average Bonchev–Trinajstić information content (AvgIpc) is 3.13. The molecule has 3 rings (SSSR count). The van der Waals surface area contributed by atoms with Gasteiger partial charge in [-0.2, -0.15) is 5.10 Å². The summed E-state index contributed by atoms with van der Waals surface area (Å²) in [6.07, 6.45) is 0.274. The number of nitrogens with one attached hydrogen (secondary N) is 2. The number of benzene rings is 2. The van der Waals surface area contributed by atoms with E-state index in [1.165, 1.54) is 5.56 Å². The molecule has 1 heterocycles. The lowest BCUT2D eigenvalue weighted by atomic mass is 10.1. The molecule has 28 heavy (non-hydrogen) atoms. The molecule has 148 valence electrons. The van der Waals surface area contributed by atoms with Crippen LogP contribution in [0.15, 0.2) is 42.5 Å². The van der Waals surface area contributed by atoms with Crippen LogP contribution in [0.2, 0.25) is 0 Å². The number of aromatic nitrogens is 3. The summed E-state index contributed by atoms with van der Waals surface area (Å²) in [5.74, 6) is 1.92. The Kier molecular flexibility index (Phi) is 7.54. The van der Waals surface area contributed by atoms with Crippen LogP contribution in [0.1, 0.15) is 23.4 Å². The number of carbonyl (C=O) groups excluding carboxylic acids is 1. The van der Waals surface area contributed by atoms with Crippen LogP contribution < -0.4 is 15.8 Å². The minimum Gasteiger partial charge on any atom is -0.493 e. The molecule has 0 aliphatic heterocycles. The zero-order chi connectivity index (χ0) is 19.2. The topological polar surface area (TPSA) is 106 Å². The normalized spacial score (nSPS) is 10.2. The minimum absolute atomic E-state index is 0. The fourth-order valence-corrected chi connectivity index (χ4v) is 2.66. The number of rotatable bonds is 7. The largest absolute Gasteiger partial charge is 0.493 e. The molecular formula is C20H24ClN5O2. The van der Waals surface area contributed by atoms with Crippen LogP contribution in [0.4, 0.5) is 5.69 Å². The van der Waals surface area contributed by atoms with Crippen molar-refractivity contribution in [1.29, 1.82) is 0 Å². The maximum absolute atomic E-state index is 12.1. The Bertz CT molecular complexity index is 925. The van der Waals surface area contributed by atoms with Crippen LogP contribution in [-0.2, 0) is 11.3 Å². The lowest BCUT2D eigenvalue weighted by Crippen LogP contribution is -2.15. The Morgan fingerprint density at radius 3 is 2.57 bits per heavy atom. The van der Waals surface area contributed by atoms with Crippen molar-refractivity contribution in [1.82, 2.24) is 15.2 Å². The number of halogens is 1. The Labute approximate surface area is 170 Å². The average molecular weight is 402 g/mol. The monoisotopic (exact) mass is 401 g/mol. The SMILES string of the molecule is Cc1ccc(OCCC(=O)Nc2ccc(-c3n[nH]c(CN)n3)cc2)c(C)c1.Cl. The molecule has 7 nitrogen and oxygen atoms in total. The van der Waals surface area contributed by atoms with E-state index in [2.05, 4.69) is 26.6 Å². The number of H-pyrrole nitrogens is 1. The number of aromatic amines is 1. The summed E-state index contributed by atoms with van der Waals surface area (Å²) in [6.45, 7) is 4.67. The van der Waals surface area contributed by atoms with Gasteiger partial charge in [-0.15, -0.1) is 12.4 Å². The van der Waals surface area contributed by atoms with Gasteiger partial charge in [0, 0.05) is 11.3 Å². The highest BCUT2D eigenvalue weighted by Gasteiger charge is 2.07. The summed E-state index contributed by atoms with van der Waals surface area (Å²) < 4.78 is 5.70. The highest BCUT2D eigenvalue weighted by Crippen LogP contribution is 2.20. The molecule has 3 aromatic rings. The first kappa shape index (κ1) is 21.4. The fourth-order valence-electron chi connectivity index (χ4n) is 2.66. The smallest absolute Gasteiger partial charge is 0.227 e. The summed E-state index contributed by atoms with van der Waals surface area (Å²) in [4.78, 5) is 16.4. The first-order valence-electron chi connectivity index (χ1n) is 8.77.